The van der Waals surface area contributed by atoms with Crippen molar-refractivity contribution in [2.75, 3.05) is 18.2 Å². The van der Waals surface area contributed by atoms with Crippen LogP contribution < -0.4 is 14.8 Å². The fourth-order valence-electron chi connectivity index (χ4n) is 3.14. The number of hydrogen-bond donors (Lipinski definition) is 1. The maximum atomic E-state index is 12.4. The SMILES string of the molecule is COc1ccc(NC(=O)CCSc2nnc(COc3ccc(Cl)cc3)n2-c2ccccc2)cc1. The van der Waals surface area contributed by atoms with E-state index in [1.165, 1.54) is 11.8 Å². The number of para-hydroxylation sites is 1. The third kappa shape index (κ3) is 6.30. The zero-order chi connectivity index (χ0) is 23.8. The first-order chi connectivity index (χ1) is 16.6. The molecule has 9 heteroatoms. The highest BCUT2D eigenvalue weighted by atomic mass is 35.5. The molecule has 4 aromatic rings. The Labute approximate surface area is 207 Å². The molecule has 0 radical (unpaired) electrons. The minimum Gasteiger partial charge on any atom is -0.497 e. The van der Waals surface area contributed by atoms with E-state index in [-0.39, 0.29) is 12.5 Å². The predicted molar refractivity (Wildman–Crippen MR) is 134 cm³/mol. The number of ether oxygens (including phenoxy) is 2. The van der Waals surface area contributed by atoms with Crippen molar-refractivity contribution in [3.63, 3.8) is 0 Å². The van der Waals surface area contributed by atoms with Gasteiger partial charge in [-0.3, -0.25) is 9.36 Å². The van der Waals surface area contributed by atoms with Crippen LogP contribution in [0.5, 0.6) is 11.5 Å². The Bertz CT molecular complexity index is 1220. The molecule has 0 spiro atoms. The quantitative estimate of drug-likeness (QED) is 0.288. The van der Waals surface area contributed by atoms with Crippen molar-refractivity contribution in [1.29, 1.82) is 0 Å². The molecule has 1 amide bonds. The van der Waals surface area contributed by atoms with Crippen LogP contribution in [0.25, 0.3) is 5.69 Å². The van der Waals surface area contributed by atoms with Crippen molar-refractivity contribution < 1.29 is 14.3 Å². The van der Waals surface area contributed by atoms with Crippen molar-refractivity contribution in [1.82, 2.24) is 14.8 Å². The average molecular weight is 495 g/mol. The van der Waals surface area contributed by atoms with Gasteiger partial charge in [0, 0.05) is 28.6 Å². The van der Waals surface area contributed by atoms with E-state index >= 15 is 0 Å². The fourth-order valence-corrected chi connectivity index (χ4v) is 4.17. The zero-order valence-electron chi connectivity index (χ0n) is 18.5. The van der Waals surface area contributed by atoms with E-state index in [9.17, 15) is 4.79 Å². The van der Waals surface area contributed by atoms with E-state index < -0.39 is 0 Å². The number of halogens is 1. The van der Waals surface area contributed by atoms with Gasteiger partial charge in [0.2, 0.25) is 5.91 Å². The summed E-state index contributed by atoms with van der Waals surface area (Å²) < 4.78 is 13.0. The summed E-state index contributed by atoms with van der Waals surface area (Å²) in [5.74, 6) is 2.56. The molecule has 0 bridgehead atoms. The van der Waals surface area contributed by atoms with E-state index in [1.54, 1.807) is 31.4 Å². The van der Waals surface area contributed by atoms with Crippen LogP contribution in [0.4, 0.5) is 5.69 Å². The molecule has 34 heavy (non-hydrogen) atoms. The molecule has 0 fully saturated rings. The van der Waals surface area contributed by atoms with Gasteiger partial charge < -0.3 is 14.8 Å². The van der Waals surface area contributed by atoms with E-state index in [0.29, 0.717) is 33.9 Å². The number of methoxy groups -OCH3 is 1. The molecule has 0 atom stereocenters. The molecule has 0 saturated carbocycles. The van der Waals surface area contributed by atoms with Gasteiger partial charge >= 0.3 is 0 Å². The lowest BCUT2D eigenvalue weighted by atomic mass is 10.3. The standard InChI is InChI=1S/C25H23ClN4O3S/c1-32-21-13-9-19(10-14-21)27-24(31)15-16-34-25-29-28-23(30(25)20-5-3-2-4-6-20)17-33-22-11-7-18(26)8-12-22/h2-14H,15-17H2,1H3,(H,27,31). The van der Waals surface area contributed by atoms with Gasteiger partial charge in [-0.1, -0.05) is 41.6 Å². The highest BCUT2D eigenvalue weighted by Gasteiger charge is 2.16. The molecule has 7 nitrogen and oxygen atoms in total. The van der Waals surface area contributed by atoms with Crippen LogP contribution in [0.1, 0.15) is 12.2 Å². The molecule has 1 aromatic heterocycles. The number of carbonyl (C=O) groups is 1. The van der Waals surface area contributed by atoms with Gasteiger partial charge in [0.25, 0.3) is 0 Å². The number of aromatic nitrogens is 3. The predicted octanol–water partition coefficient (Wildman–Crippen LogP) is 5.63. The lowest BCUT2D eigenvalue weighted by Crippen LogP contribution is -2.12. The third-order valence-electron chi connectivity index (χ3n) is 4.83. The van der Waals surface area contributed by atoms with Gasteiger partial charge in [-0.2, -0.15) is 0 Å². The maximum Gasteiger partial charge on any atom is 0.225 e. The lowest BCUT2D eigenvalue weighted by Gasteiger charge is -2.11. The molecule has 1 N–H and O–H groups in total. The zero-order valence-corrected chi connectivity index (χ0v) is 20.1. The smallest absolute Gasteiger partial charge is 0.225 e. The summed E-state index contributed by atoms with van der Waals surface area (Å²) in [5, 5.41) is 12.9. The lowest BCUT2D eigenvalue weighted by molar-refractivity contribution is -0.115. The number of benzene rings is 3. The number of amides is 1. The van der Waals surface area contributed by atoms with Crippen LogP contribution in [-0.2, 0) is 11.4 Å². The number of nitrogens with zero attached hydrogens (tertiary/aromatic N) is 3. The number of nitrogens with one attached hydrogen (secondary N) is 1. The van der Waals surface area contributed by atoms with E-state index in [0.717, 1.165) is 17.1 Å². The average Bonchev–Trinajstić information content (AvgIpc) is 3.27. The summed E-state index contributed by atoms with van der Waals surface area (Å²) in [4.78, 5) is 12.4. The van der Waals surface area contributed by atoms with Crippen molar-refractivity contribution in [2.24, 2.45) is 0 Å². The molecule has 0 aliphatic carbocycles. The Morgan fingerprint density at radius 2 is 1.68 bits per heavy atom. The highest BCUT2D eigenvalue weighted by Crippen LogP contribution is 2.24. The van der Waals surface area contributed by atoms with Crippen LogP contribution in [0, 0.1) is 0 Å². The minimum absolute atomic E-state index is 0.0743. The number of carbonyl (C=O) groups excluding carboxylic acids is 1. The molecule has 174 valence electrons. The second-order valence-electron chi connectivity index (χ2n) is 7.19. The number of hydrogen-bond acceptors (Lipinski definition) is 6. The molecule has 0 saturated heterocycles. The summed E-state index contributed by atoms with van der Waals surface area (Å²) in [6.07, 6.45) is 0.328. The van der Waals surface area contributed by atoms with Crippen molar-refractivity contribution in [2.45, 2.75) is 18.2 Å². The summed E-state index contributed by atoms with van der Waals surface area (Å²) in [7, 11) is 1.61. The Balaban J connectivity index is 1.40. The molecule has 4 rings (SSSR count). The van der Waals surface area contributed by atoms with Crippen LogP contribution in [0.15, 0.2) is 84.0 Å². The number of rotatable bonds is 10. The molecule has 0 aliphatic heterocycles. The first kappa shape index (κ1) is 23.7. The topological polar surface area (TPSA) is 78.3 Å². The van der Waals surface area contributed by atoms with Crippen LogP contribution in [0.3, 0.4) is 0 Å². The van der Waals surface area contributed by atoms with Crippen molar-refractivity contribution in [3.8, 4) is 17.2 Å². The second-order valence-corrected chi connectivity index (χ2v) is 8.69. The van der Waals surface area contributed by atoms with Crippen molar-refractivity contribution in [3.05, 3.63) is 89.7 Å². The van der Waals surface area contributed by atoms with Gasteiger partial charge in [-0.05, 0) is 60.7 Å². The fraction of sp³-hybridized carbons (Fsp3) is 0.160. The molecule has 0 aliphatic rings. The molecule has 1 heterocycles. The first-order valence-corrected chi connectivity index (χ1v) is 11.9. The van der Waals surface area contributed by atoms with Gasteiger partial charge in [-0.25, -0.2) is 0 Å². The molecule has 0 unspecified atom stereocenters. The Kier molecular flexibility index (Phi) is 8.06. The molecular weight excluding hydrogens is 472 g/mol. The summed E-state index contributed by atoms with van der Waals surface area (Å²) in [6, 6.07) is 24.2. The normalized spacial score (nSPS) is 10.6. The monoisotopic (exact) mass is 494 g/mol. The summed E-state index contributed by atoms with van der Waals surface area (Å²) in [5.41, 5.74) is 1.65. The van der Waals surface area contributed by atoms with Gasteiger partial charge in [0.15, 0.2) is 11.0 Å². The van der Waals surface area contributed by atoms with Crippen LogP contribution in [0.2, 0.25) is 5.02 Å². The second kappa shape index (κ2) is 11.6. The maximum absolute atomic E-state index is 12.4. The summed E-state index contributed by atoms with van der Waals surface area (Å²) in [6.45, 7) is 0.238. The number of anilines is 1. The number of thioether (sulfide) groups is 1. The van der Waals surface area contributed by atoms with Crippen LogP contribution >= 0.6 is 23.4 Å². The van der Waals surface area contributed by atoms with Gasteiger partial charge in [-0.15, -0.1) is 10.2 Å². The Morgan fingerprint density at radius 3 is 2.38 bits per heavy atom. The van der Waals surface area contributed by atoms with Crippen LogP contribution in [-0.4, -0.2) is 33.5 Å². The summed E-state index contributed by atoms with van der Waals surface area (Å²) >= 11 is 7.41. The van der Waals surface area contributed by atoms with Crippen molar-refractivity contribution >= 4 is 35.0 Å². The minimum atomic E-state index is -0.0743. The van der Waals surface area contributed by atoms with E-state index in [2.05, 4.69) is 15.5 Å². The third-order valence-corrected chi connectivity index (χ3v) is 6.01. The largest absolute Gasteiger partial charge is 0.497 e. The highest BCUT2D eigenvalue weighted by molar-refractivity contribution is 7.99. The molecule has 3 aromatic carbocycles. The van der Waals surface area contributed by atoms with Gasteiger partial charge in [0.1, 0.15) is 18.1 Å². The Morgan fingerprint density at radius 1 is 0.971 bits per heavy atom. The van der Waals surface area contributed by atoms with E-state index in [1.807, 2.05) is 59.2 Å². The van der Waals surface area contributed by atoms with Gasteiger partial charge in [0.05, 0.1) is 7.11 Å². The Hall–Kier alpha value is -3.49. The first-order valence-electron chi connectivity index (χ1n) is 10.6. The molecular formula is C25H23ClN4O3S. The van der Waals surface area contributed by atoms with E-state index in [4.69, 9.17) is 21.1 Å².